The first-order valence-electron chi connectivity index (χ1n) is 4.00. The van der Waals surface area contributed by atoms with Crippen LogP contribution in [-0.2, 0) is 0 Å². The summed E-state index contributed by atoms with van der Waals surface area (Å²) >= 11 is 3.40. The first-order valence-corrected chi connectivity index (χ1v) is 4.79. The van der Waals surface area contributed by atoms with E-state index in [0.717, 1.165) is 21.5 Å². The monoisotopic (exact) mass is 241 g/mol. The van der Waals surface area contributed by atoms with Crippen LogP contribution in [0.15, 0.2) is 29.3 Å². The van der Waals surface area contributed by atoms with Crippen molar-refractivity contribution >= 4 is 22.0 Å². The normalized spacial score (nSPS) is 10.5. The fraction of sp³-hybridized carbons (Fsp3) is 0.182. The van der Waals surface area contributed by atoms with E-state index in [1.807, 2.05) is 18.2 Å². The van der Waals surface area contributed by atoms with E-state index in [1.165, 1.54) is 0 Å². The van der Waals surface area contributed by atoms with Gasteiger partial charge in [-0.2, -0.15) is 0 Å². The van der Waals surface area contributed by atoms with Gasteiger partial charge in [-0.3, -0.25) is 4.39 Å². The van der Waals surface area contributed by atoms with Crippen molar-refractivity contribution in [2.75, 3.05) is 6.67 Å². The molecule has 0 aliphatic heterocycles. The predicted octanol–water partition coefficient (Wildman–Crippen LogP) is 4.00. The molecule has 0 spiro atoms. The van der Waals surface area contributed by atoms with Gasteiger partial charge >= 0.3 is 0 Å². The molecule has 69 valence electrons. The van der Waals surface area contributed by atoms with Gasteiger partial charge in [0.15, 0.2) is 0 Å². The smallest absolute Gasteiger partial charge is 0.0998 e. The molecule has 0 aliphatic rings. The van der Waals surface area contributed by atoms with Crippen LogP contribution < -0.4 is 0 Å². The Hall–Kier alpha value is -0.630. The Bertz CT molecular complexity index is 307. The third-order valence-corrected chi connectivity index (χ3v) is 2.61. The van der Waals surface area contributed by atoms with Gasteiger partial charge in [0.1, 0.15) is 0 Å². The lowest BCUT2D eigenvalue weighted by Gasteiger charge is -2.11. The highest BCUT2D eigenvalue weighted by molar-refractivity contribution is 9.10. The molecule has 1 radical (unpaired) electrons. The molecule has 1 aromatic carbocycles. The van der Waals surface area contributed by atoms with Gasteiger partial charge in [0.2, 0.25) is 0 Å². The maximum atomic E-state index is 12.4. The van der Waals surface area contributed by atoms with Crippen molar-refractivity contribution in [1.82, 2.24) is 0 Å². The van der Waals surface area contributed by atoms with Gasteiger partial charge in [-0.05, 0) is 17.2 Å². The van der Waals surface area contributed by atoms with Gasteiger partial charge in [0.05, 0.1) is 6.67 Å². The first kappa shape index (κ1) is 10.5. The molecule has 0 heterocycles. The molecular formula is C11H11BrF. The van der Waals surface area contributed by atoms with E-state index >= 15 is 0 Å². The van der Waals surface area contributed by atoms with Crippen LogP contribution in [0.3, 0.4) is 0 Å². The van der Waals surface area contributed by atoms with Crippen LogP contribution in [0.4, 0.5) is 4.39 Å². The van der Waals surface area contributed by atoms with Crippen molar-refractivity contribution in [3.63, 3.8) is 0 Å². The molecule has 0 atom stereocenters. The van der Waals surface area contributed by atoms with E-state index in [0.29, 0.717) is 0 Å². The highest BCUT2D eigenvalue weighted by Crippen LogP contribution is 2.27. The zero-order valence-electron chi connectivity index (χ0n) is 7.48. The van der Waals surface area contributed by atoms with Gasteiger partial charge in [-0.1, -0.05) is 47.6 Å². The van der Waals surface area contributed by atoms with Crippen molar-refractivity contribution < 1.29 is 4.39 Å². The Morgan fingerprint density at radius 2 is 2.31 bits per heavy atom. The molecule has 0 N–H and O–H groups in total. The lowest BCUT2D eigenvalue weighted by Crippen LogP contribution is -1.99. The Kier molecular flexibility index (Phi) is 3.67. The van der Waals surface area contributed by atoms with E-state index in [2.05, 4.69) is 22.5 Å². The molecule has 0 saturated carbocycles. The van der Waals surface area contributed by atoms with E-state index in [4.69, 9.17) is 0 Å². The third-order valence-electron chi connectivity index (χ3n) is 1.92. The standard InChI is InChI=1S/C11H11BrF/c1-3-9-10(8(2)7-13)5-4-6-11(9)12/h3-6H,1,7H2,2H3. The molecule has 0 bridgehead atoms. The molecule has 0 fully saturated rings. The summed E-state index contributed by atoms with van der Waals surface area (Å²) in [5, 5.41) is 0. The van der Waals surface area contributed by atoms with Gasteiger partial charge in [-0.25, -0.2) is 0 Å². The summed E-state index contributed by atoms with van der Waals surface area (Å²) < 4.78 is 13.4. The molecule has 2 heteroatoms. The van der Waals surface area contributed by atoms with Crippen molar-refractivity contribution in [1.29, 1.82) is 0 Å². The minimum absolute atomic E-state index is 0.419. The minimum atomic E-state index is -0.419. The second kappa shape index (κ2) is 4.56. The van der Waals surface area contributed by atoms with E-state index < -0.39 is 6.67 Å². The van der Waals surface area contributed by atoms with Crippen LogP contribution in [0.25, 0.3) is 6.08 Å². The molecule has 0 saturated heterocycles. The maximum Gasteiger partial charge on any atom is 0.0998 e. The molecular weight excluding hydrogens is 231 g/mol. The number of halogens is 2. The van der Waals surface area contributed by atoms with Crippen LogP contribution in [-0.4, -0.2) is 6.67 Å². The average Bonchev–Trinajstić information content (AvgIpc) is 2.16. The third kappa shape index (κ3) is 2.19. The largest absolute Gasteiger partial charge is 0.250 e. The highest BCUT2D eigenvalue weighted by Gasteiger charge is 2.10. The summed E-state index contributed by atoms with van der Waals surface area (Å²) in [5.74, 6) is 0.733. The first-order chi connectivity index (χ1) is 6.20. The van der Waals surface area contributed by atoms with Gasteiger partial charge < -0.3 is 0 Å². The molecule has 0 aliphatic carbocycles. The summed E-state index contributed by atoms with van der Waals surface area (Å²) in [4.78, 5) is 0. The molecule has 0 nitrogen and oxygen atoms in total. The van der Waals surface area contributed by atoms with Crippen LogP contribution in [0.1, 0.15) is 18.1 Å². The van der Waals surface area contributed by atoms with Crippen LogP contribution in [0.2, 0.25) is 0 Å². The Balaban J connectivity index is 3.19. The van der Waals surface area contributed by atoms with E-state index in [1.54, 1.807) is 13.0 Å². The fourth-order valence-electron chi connectivity index (χ4n) is 1.19. The Labute approximate surface area is 86.6 Å². The number of hydrogen-bond acceptors (Lipinski definition) is 0. The minimum Gasteiger partial charge on any atom is -0.250 e. The second-order valence-electron chi connectivity index (χ2n) is 2.82. The highest BCUT2D eigenvalue weighted by atomic mass is 79.9. The Morgan fingerprint density at radius 1 is 1.62 bits per heavy atom. The molecule has 13 heavy (non-hydrogen) atoms. The van der Waals surface area contributed by atoms with Crippen molar-refractivity contribution in [3.05, 3.63) is 46.3 Å². The summed E-state index contributed by atoms with van der Waals surface area (Å²) in [7, 11) is 0. The topological polar surface area (TPSA) is 0 Å². The number of benzene rings is 1. The van der Waals surface area contributed by atoms with Crippen LogP contribution in [0.5, 0.6) is 0 Å². The number of hydrogen-bond donors (Lipinski definition) is 0. The summed E-state index contributed by atoms with van der Waals surface area (Å²) in [5.41, 5.74) is 1.88. The van der Waals surface area contributed by atoms with Gasteiger partial charge in [0.25, 0.3) is 0 Å². The van der Waals surface area contributed by atoms with Gasteiger partial charge in [0, 0.05) is 10.4 Å². The van der Waals surface area contributed by atoms with E-state index in [9.17, 15) is 4.39 Å². The number of rotatable bonds is 3. The predicted molar refractivity (Wildman–Crippen MR) is 58.2 cm³/mol. The van der Waals surface area contributed by atoms with Gasteiger partial charge in [-0.15, -0.1) is 0 Å². The van der Waals surface area contributed by atoms with Crippen LogP contribution in [0, 0.1) is 5.92 Å². The van der Waals surface area contributed by atoms with E-state index in [-0.39, 0.29) is 0 Å². The molecule has 0 amide bonds. The maximum absolute atomic E-state index is 12.4. The van der Waals surface area contributed by atoms with Crippen molar-refractivity contribution in [2.45, 2.75) is 6.92 Å². The molecule has 1 rings (SSSR count). The summed E-state index contributed by atoms with van der Waals surface area (Å²) in [6.45, 7) is 5.07. The lowest BCUT2D eigenvalue weighted by molar-refractivity contribution is 0.516. The quantitative estimate of drug-likeness (QED) is 0.751. The van der Waals surface area contributed by atoms with Crippen molar-refractivity contribution in [2.24, 2.45) is 0 Å². The fourth-order valence-corrected chi connectivity index (χ4v) is 1.72. The second-order valence-corrected chi connectivity index (χ2v) is 3.67. The number of alkyl halides is 1. The summed E-state index contributed by atoms with van der Waals surface area (Å²) in [6, 6.07) is 5.72. The van der Waals surface area contributed by atoms with Crippen molar-refractivity contribution in [3.8, 4) is 0 Å². The molecule has 0 aromatic heterocycles. The zero-order chi connectivity index (χ0) is 9.84. The average molecular weight is 242 g/mol. The Morgan fingerprint density at radius 3 is 2.85 bits per heavy atom. The molecule has 1 aromatic rings. The summed E-state index contributed by atoms with van der Waals surface area (Å²) in [6.07, 6.45) is 1.73. The lowest BCUT2D eigenvalue weighted by atomic mass is 9.97. The SMILES string of the molecule is C=Cc1c(Br)cccc1[C](C)CF. The molecule has 0 unspecified atom stereocenters. The zero-order valence-corrected chi connectivity index (χ0v) is 9.07. The van der Waals surface area contributed by atoms with Crippen LogP contribution >= 0.6 is 15.9 Å².